The maximum atomic E-state index is 5.42. The van der Waals surface area contributed by atoms with Gasteiger partial charge < -0.3 is 20.1 Å². The fourth-order valence-corrected chi connectivity index (χ4v) is 3.25. The Labute approximate surface area is 159 Å². The number of aryl methyl sites for hydroxylation is 1. The number of methoxy groups -OCH3 is 2. The lowest BCUT2D eigenvalue weighted by atomic mass is 9.84. The lowest BCUT2D eigenvalue weighted by molar-refractivity contribution is 0.353. The number of rotatable bonds is 7. The largest absolute Gasteiger partial charge is 0.493 e. The first-order valence-corrected chi connectivity index (χ1v) is 9.29. The van der Waals surface area contributed by atoms with Gasteiger partial charge in [-0.3, -0.25) is 4.99 Å². The molecule has 0 saturated carbocycles. The van der Waals surface area contributed by atoms with Crippen LogP contribution < -0.4 is 20.1 Å². The monoisotopic (exact) mass is 376 g/mol. The SMILES string of the molecule is CN=C(NCc1ncc(C)s1)NCC(C)(C)c1ccc(OC)c(OC)c1. The molecule has 0 spiro atoms. The van der Waals surface area contributed by atoms with Crippen LogP contribution in [0.3, 0.4) is 0 Å². The summed E-state index contributed by atoms with van der Waals surface area (Å²) in [5, 5.41) is 7.75. The number of ether oxygens (including phenoxy) is 2. The minimum Gasteiger partial charge on any atom is -0.493 e. The van der Waals surface area contributed by atoms with Crippen LogP contribution in [0, 0.1) is 6.92 Å². The Morgan fingerprint density at radius 3 is 2.50 bits per heavy atom. The molecule has 1 heterocycles. The Hall–Kier alpha value is -2.28. The van der Waals surface area contributed by atoms with Crippen LogP contribution in [-0.4, -0.2) is 38.8 Å². The van der Waals surface area contributed by atoms with E-state index in [0.717, 1.165) is 34.6 Å². The fourth-order valence-electron chi connectivity index (χ4n) is 2.53. The van der Waals surface area contributed by atoms with Crippen molar-refractivity contribution in [3.05, 3.63) is 39.8 Å². The first-order chi connectivity index (χ1) is 12.4. The number of nitrogens with one attached hydrogen (secondary N) is 2. The van der Waals surface area contributed by atoms with Crippen LogP contribution in [0.25, 0.3) is 0 Å². The number of guanidine groups is 1. The maximum Gasteiger partial charge on any atom is 0.191 e. The molecule has 6 nitrogen and oxygen atoms in total. The molecular weight excluding hydrogens is 348 g/mol. The average Bonchev–Trinajstić information content (AvgIpc) is 3.06. The minimum atomic E-state index is -0.116. The molecule has 0 unspecified atom stereocenters. The summed E-state index contributed by atoms with van der Waals surface area (Å²) in [6.45, 7) is 7.80. The lowest BCUT2D eigenvalue weighted by Gasteiger charge is -2.27. The molecule has 0 fully saturated rings. The predicted octanol–water partition coefficient (Wildman–Crippen LogP) is 3.11. The molecule has 2 aromatic rings. The van der Waals surface area contributed by atoms with Gasteiger partial charge in [-0.2, -0.15) is 0 Å². The van der Waals surface area contributed by atoms with Crippen molar-refractivity contribution in [3.63, 3.8) is 0 Å². The molecule has 0 aliphatic rings. The van der Waals surface area contributed by atoms with Gasteiger partial charge in [-0.1, -0.05) is 19.9 Å². The number of hydrogen-bond acceptors (Lipinski definition) is 5. The van der Waals surface area contributed by atoms with E-state index in [1.165, 1.54) is 4.88 Å². The maximum absolute atomic E-state index is 5.42. The van der Waals surface area contributed by atoms with Crippen LogP contribution >= 0.6 is 11.3 Å². The number of nitrogens with zero attached hydrogens (tertiary/aromatic N) is 2. The number of benzene rings is 1. The third-order valence-corrected chi connectivity index (χ3v) is 5.08. The first-order valence-electron chi connectivity index (χ1n) is 8.48. The van der Waals surface area contributed by atoms with Crippen molar-refractivity contribution in [2.75, 3.05) is 27.8 Å². The molecule has 0 bridgehead atoms. The quantitative estimate of drug-likeness (QED) is 0.574. The van der Waals surface area contributed by atoms with Gasteiger partial charge in [-0.05, 0) is 24.6 Å². The highest BCUT2D eigenvalue weighted by molar-refractivity contribution is 7.11. The summed E-state index contributed by atoms with van der Waals surface area (Å²) >= 11 is 1.69. The fraction of sp³-hybridized carbons (Fsp3) is 0.474. The number of aliphatic imine (C=N–C) groups is 1. The zero-order valence-electron chi connectivity index (χ0n) is 16.3. The second-order valence-electron chi connectivity index (χ2n) is 6.60. The summed E-state index contributed by atoms with van der Waals surface area (Å²) in [4.78, 5) is 9.86. The Morgan fingerprint density at radius 2 is 1.92 bits per heavy atom. The van der Waals surface area contributed by atoms with Crippen molar-refractivity contribution in [1.29, 1.82) is 0 Å². The lowest BCUT2D eigenvalue weighted by Crippen LogP contribution is -2.43. The van der Waals surface area contributed by atoms with Crippen molar-refractivity contribution in [3.8, 4) is 11.5 Å². The summed E-state index contributed by atoms with van der Waals surface area (Å²) in [5.41, 5.74) is 1.04. The minimum absolute atomic E-state index is 0.116. The molecule has 0 amide bonds. The van der Waals surface area contributed by atoms with Crippen LogP contribution in [0.2, 0.25) is 0 Å². The van der Waals surface area contributed by atoms with E-state index in [0.29, 0.717) is 6.54 Å². The normalized spacial score (nSPS) is 12.0. The van der Waals surface area contributed by atoms with Gasteiger partial charge in [0, 0.05) is 30.1 Å². The average molecular weight is 377 g/mol. The molecular formula is C19H28N4O2S. The molecule has 142 valence electrons. The van der Waals surface area contributed by atoms with Gasteiger partial charge >= 0.3 is 0 Å². The summed E-state index contributed by atoms with van der Waals surface area (Å²) < 4.78 is 10.7. The smallest absolute Gasteiger partial charge is 0.191 e. The second-order valence-corrected chi connectivity index (χ2v) is 7.92. The predicted molar refractivity (Wildman–Crippen MR) is 108 cm³/mol. The van der Waals surface area contributed by atoms with Crippen molar-refractivity contribution in [1.82, 2.24) is 15.6 Å². The number of aromatic nitrogens is 1. The van der Waals surface area contributed by atoms with Gasteiger partial charge in [-0.25, -0.2) is 4.98 Å². The molecule has 0 aliphatic carbocycles. The van der Waals surface area contributed by atoms with E-state index in [-0.39, 0.29) is 5.41 Å². The first kappa shape index (κ1) is 20.0. The Kier molecular flexibility index (Phi) is 6.85. The second kappa shape index (κ2) is 8.89. The van der Waals surface area contributed by atoms with Crippen molar-refractivity contribution >= 4 is 17.3 Å². The molecule has 2 rings (SSSR count). The van der Waals surface area contributed by atoms with Gasteiger partial charge in [0.1, 0.15) is 5.01 Å². The standard InChI is InChI=1S/C19H28N4O2S/c1-13-10-21-17(26-13)11-22-18(20-4)23-12-19(2,3)14-7-8-15(24-5)16(9-14)25-6/h7-10H,11-12H2,1-6H3,(H2,20,22,23). The summed E-state index contributed by atoms with van der Waals surface area (Å²) in [7, 11) is 5.06. The topological polar surface area (TPSA) is 67.8 Å². The third kappa shape index (κ3) is 5.11. The molecule has 0 radical (unpaired) electrons. The van der Waals surface area contributed by atoms with Crippen LogP contribution in [0.1, 0.15) is 29.3 Å². The molecule has 7 heteroatoms. The van der Waals surface area contributed by atoms with Crippen molar-refractivity contribution in [2.24, 2.45) is 4.99 Å². The van der Waals surface area contributed by atoms with Gasteiger partial charge in [0.15, 0.2) is 17.5 Å². The molecule has 1 aromatic heterocycles. The van der Waals surface area contributed by atoms with E-state index in [4.69, 9.17) is 9.47 Å². The van der Waals surface area contributed by atoms with Gasteiger partial charge in [0.25, 0.3) is 0 Å². The highest BCUT2D eigenvalue weighted by atomic mass is 32.1. The Morgan fingerprint density at radius 1 is 1.19 bits per heavy atom. The number of hydrogen-bond donors (Lipinski definition) is 2. The van der Waals surface area contributed by atoms with E-state index in [2.05, 4.69) is 47.4 Å². The summed E-state index contributed by atoms with van der Waals surface area (Å²) in [6.07, 6.45) is 1.89. The van der Waals surface area contributed by atoms with Crippen LogP contribution in [0.5, 0.6) is 11.5 Å². The van der Waals surface area contributed by atoms with Gasteiger partial charge in [-0.15, -0.1) is 11.3 Å². The molecule has 26 heavy (non-hydrogen) atoms. The molecule has 0 atom stereocenters. The van der Waals surface area contributed by atoms with Crippen molar-refractivity contribution < 1.29 is 9.47 Å². The van der Waals surface area contributed by atoms with E-state index in [9.17, 15) is 0 Å². The van der Waals surface area contributed by atoms with E-state index < -0.39 is 0 Å². The molecule has 1 aromatic carbocycles. The van der Waals surface area contributed by atoms with E-state index in [1.54, 1.807) is 32.6 Å². The summed E-state index contributed by atoms with van der Waals surface area (Å²) in [5.74, 6) is 2.22. The van der Waals surface area contributed by atoms with Crippen LogP contribution in [0.15, 0.2) is 29.4 Å². The van der Waals surface area contributed by atoms with Gasteiger partial charge in [0.05, 0.1) is 20.8 Å². The highest BCUT2D eigenvalue weighted by Crippen LogP contribution is 2.32. The Balaban J connectivity index is 1.99. The van der Waals surface area contributed by atoms with E-state index >= 15 is 0 Å². The molecule has 2 N–H and O–H groups in total. The summed E-state index contributed by atoms with van der Waals surface area (Å²) in [6, 6.07) is 6.03. The molecule has 0 aliphatic heterocycles. The zero-order chi connectivity index (χ0) is 19.2. The third-order valence-electron chi connectivity index (χ3n) is 4.16. The van der Waals surface area contributed by atoms with Gasteiger partial charge in [0.2, 0.25) is 0 Å². The van der Waals surface area contributed by atoms with E-state index in [1.807, 2.05) is 18.3 Å². The number of thiazole rings is 1. The molecule has 0 saturated heterocycles. The zero-order valence-corrected chi connectivity index (χ0v) is 17.2. The van der Waals surface area contributed by atoms with Crippen LogP contribution in [-0.2, 0) is 12.0 Å². The van der Waals surface area contributed by atoms with Crippen molar-refractivity contribution in [2.45, 2.75) is 32.7 Å². The Bertz CT molecular complexity index is 756. The van der Waals surface area contributed by atoms with Crippen LogP contribution in [0.4, 0.5) is 0 Å². The highest BCUT2D eigenvalue weighted by Gasteiger charge is 2.22.